The molecule has 1 fully saturated rings. The van der Waals surface area contributed by atoms with E-state index in [4.69, 9.17) is 22.7 Å². The standard InChI is InChI=1S/C11H22N2O3S2/c1-9(2)16-7-8-18(14,15)13-11(10(12)17)5-3-4-6-11/h9,13H,3-8H2,1-2H3,(H2,12,17). The van der Waals surface area contributed by atoms with Gasteiger partial charge in [0.15, 0.2) is 0 Å². The Balaban J connectivity index is 2.60. The van der Waals surface area contributed by atoms with E-state index >= 15 is 0 Å². The number of sulfonamides is 1. The summed E-state index contributed by atoms with van der Waals surface area (Å²) in [4.78, 5) is 0.244. The molecule has 1 aliphatic carbocycles. The zero-order valence-electron chi connectivity index (χ0n) is 10.9. The minimum Gasteiger partial charge on any atom is -0.392 e. The highest BCUT2D eigenvalue weighted by atomic mass is 32.2. The van der Waals surface area contributed by atoms with Crippen LogP contribution in [0.2, 0.25) is 0 Å². The molecule has 18 heavy (non-hydrogen) atoms. The molecular weight excluding hydrogens is 272 g/mol. The Kier molecular flexibility index (Phi) is 5.51. The highest BCUT2D eigenvalue weighted by Gasteiger charge is 2.40. The van der Waals surface area contributed by atoms with E-state index in [1.807, 2.05) is 13.8 Å². The van der Waals surface area contributed by atoms with Crippen LogP contribution >= 0.6 is 12.2 Å². The van der Waals surface area contributed by atoms with Crippen LogP contribution < -0.4 is 10.5 Å². The van der Waals surface area contributed by atoms with E-state index in [1.54, 1.807) is 0 Å². The van der Waals surface area contributed by atoms with Crippen molar-refractivity contribution >= 4 is 27.2 Å². The minimum absolute atomic E-state index is 0.0243. The molecule has 0 spiro atoms. The molecule has 0 aliphatic heterocycles. The van der Waals surface area contributed by atoms with Gasteiger partial charge < -0.3 is 10.5 Å². The molecule has 3 N–H and O–H groups in total. The number of hydrogen-bond donors (Lipinski definition) is 2. The lowest BCUT2D eigenvalue weighted by Gasteiger charge is -2.28. The maximum Gasteiger partial charge on any atom is 0.214 e. The Labute approximate surface area is 115 Å². The Morgan fingerprint density at radius 1 is 1.44 bits per heavy atom. The number of hydrogen-bond acceptors (Lipinski definition) is 4. The van der Waals surface area contributed by atoms with Crippen molar-refractivity contribution in [3.8, 4) is 0 Å². The van der Waals surface area contributed by atoms with Crippen molar-refractivity contribution in [3.63, 3.8) is 0 Å². The summed E-state index contributed by atoms with van der Waals surface area (Å²) in [5, 5.41) is 0. The molecule has 0 aromatic carbocycles. The summed E-state index contributed by atoms with van der Waals surface area (Å²) in [6.07, 6.45) is 3.29. The summed E-state index contributed by atoms with van der Waals surface area (Å²) in [6.45, 7) is 3.92. The van der Waals surface area contributed by atoms with Crippen molar-refractivity contribution in [1.82, 2.24) is 4.72 Å². The molecule has 0 amide bonds. The average Bonchev–Trinajstić information content (AvgIpc) is 2.65. The zero-order chi connectivity index (χ0) is 13.8. The van der Waals surface area contributed by atoms with Crippen LogP contribution in [0.4, 0.5) is 0 Å². The predicted molar refractivity (Wildman–Crippen MR) is 76.0 cm³/mol. The molecule has 1 saturated carbocycles. The van der Waals surface area contributed by atoms with Gasteiger partial charge in [0.1, 0.15) is 0 Å². The second-order valence-corrected chi connectivity index (χ2v) is 7.28. The molecule has 1 rings (SSSR count). The molecule has 0 atom stereocenters. The van der Waals surface area contributed by atoms with Gasteiger partial charge in [-0.2, -0.15) is 0 Å². The largest absolute Gasteiger partial charge is 0.392 e. The van der Waals surface area contributed by atoms with Crippen molar-refractivity contribution in [1.29, 1.82) is 0 Å². The SMILES string of the molecule is CC(C)OCCS(=O)(=O)NC1(C(N)=S)CCCC1. The van der Waals surface area contributed by atoms with Crippen LogP contribution in [0.1, 0.15) is 39.5 Å². The molecular formula is C11H22N2O3S2. The number of thiocarbonyl (C=S) groups is 1. The fraction of sp³-hybridized carbons (Fsp3) is 0.909. The maximum atomic E-state index is 12.0. The van der Waals surface area contributed by atoms with Gasteiger partial charge in [0.05, 0.1) is 29.0 Å². The lowest BCUT2D eigenvalue weighted by Crippen LogP contribution is -2.55. The van der Waals surface area contributed by atoms with E-state index in [2.05, 4.69) is 4.72 Å². The third-order valence-corrected chi connectivity index (χ3v) is 4.88. The molecule has 0 heterocycles. The summed E-state index contributed by atoms with van der Waals surface area (Å²) >= 11 is 5.01. The fourth-order valence-electron chi connectivity index (χ4n) is 2.12. The second kappa shape index (κ2) is 6.27. The summed E-state index contributed by atoms with van der Waals surface area (Å²) in [7, 11) is -3.41. The summed E-state index contributed by atoms with van der Waals surface area (Å²) in [5.74, 6) is -0.0600. The molecule has 5 nitrogen and oxygen atoms in total. The van der Waals surface area contributed by atoms with Gasteiger partial charge >= 0.3 is 0 Å². The first-order chi connectivity index (χ1) is 8.27. The second-order valence-electron chi connectivity index (χ2n) is 4.99. The van der Waals surface area contributed by atoms with Crippen molar-refractivity contribution in [2.75, 3.05) is 12.4 Å². The molecule has 7 heteroatoms. The Morgan fingerprint density at radius 3 is 2.44 bits per heavy atom. The third kappa shape index (κ3) is 4.46. The molecule has 0 aromatic rings. The number of rotatable bonds is 7. The lowest BCUT2D eigenvalue weighted by molar-refractivity contribution is 0.0911. The summed E-state index contributed by atoms with van der Waals surface area (Å²) in [6, 6.07) is 0. The number of nitrogens with two attached hydrogens (primary N) is 1. The highest BCUT2D eigenvalue weighted by Crippen LogP contribution is 2.30. The van der Waals surface area contributed by atoms with E-state index in [-0.39, 0.29) is 23.5 Å². The van der Waals surface area contributed by atoms with E-state index < -0.39 is 15.6 Å². The average molecular weight is 294 g/mol. The third-order valence-electron chi connectivity index (χ3n) is 3.08. The van der Waals surface area contributed by atoms with Gasteiger partial charge in [-0.1, -0.05) is 25.1 Å². The van der Waals surface area contributed by atoms with Crippen LogP contribution in [-0.4, -0.2) is 37.4 Å². The molecule has 0 unspecified atom stereocenters. The number of ether oxygens (including phenoxy) is 1. The first kappa shape index (κ1) is 15.8. The normalized spacial score (nSPS) is 19.3. The van der Waals surface area contributed by atoms with Gasteiger partial charge in [-0.05, 0) is 26.7 Å². The highest BCUT2D eigenvalue weighted by molar-refractivity contribution is 7.89. The smallest absolute Gasteiger partial charge is 0.214 e. The molecule has 106 valence electrons. The monoisotopic (exact) mass is 294 g/mol. The van der Waals surface area contributed by atoms with E-state index in [0.29, 0.717) is 12.8 Å². The van der Waals surface area contributed by atoms with E-state index in [0.717, 1.165) is 12.8 Å². The molecule has 0 bridgehead atoms. The summed E-state index contributed by atoms with van der Waals surface area (Å²) < 4.78 is 31.9. The van der Waals surface area contributed by atoms with Crippen molar-refractivity contribution in [2.24, 2.45) is 5.73 Å². The van der Waals surface area contributed by atoms with Gasteiger partial charge in [-0.3, -0.25) is 0 Å². The molecule has 0 saturated heterocycles. The zero-order valence-corrected chi connectivity index (χ0v) is 12.6. The van der Waals surface area contributed by atoms with Crippen LogP contribution in [0.15, 0.2) is 0 Å². The first-order valence-electron chi connectivity index (χ1n) is 6.21. The molecule has 0 radical (unpaired) electrons. The minimum atomic E-state index is -3.41. The van der Waals surface area contributed by atoms with E-state index in [9.17, 15) is 8.42 Å². The van der Waals surface area contributed by atoms with E-state index in [1.165, 1.54) is 0 Å². The van der Waals surface area contributed by atoms with Gasteiger partial charge in [0, 0.05) is 0 Å². The molecule has 0 aromatic heterocycles. The van der Waals surface area contributed by atoms with Crippen LogP contribution in [0.3, 0.4) is 0 Å². The Bertz CT molecular complexity index is 387. The number of nitrogens with one attached hydrogen (secondary N) is 1. The molecule has 1 aliphatic rings. The quantitative estimate of drug-likeness (QED) is 0.683. The van der Waals surface area contributed by atoms with Crippen LogP contribution in [0.25, 0.3) is 0 Å². The first-order valence-corrected chi connectivity index (χ1v) is 8.27. The van der Waals surface area contributed by atoms with Crippen LogP contribution in [0, 0.1) is 0 Å². The van der Waals surface area contributed by atoms with Gasteiger partial charge in [0.2, 0.25) is 10.0 Å². The summed E-state index contributed by atoms with van der Waals surface area (Å²) in [5.41, 5.74) is 4.97. The van der Waals surface area contributed by atoms with Crippen molar-refractivity contribution in [3.05, 3.63) is 0 Å². The van der Waals surface area contributed by atoms with Gasteiger partial charge in [0.25, 0.3) is 0 Å². The van der Waals surface area contributed by atoms with Crippen molar-refractivity contribution in [2.45, 2.75) is 51.2 Å². The predicted octanol–water partition coefficient (Wildman–Crippen LogP) is 0.930. The maximum absolute atomic E-state index is 12.0. The van der Waals surface area contributed by atoms with Crippen LogP contribution in [0.5, 0.6) is 0 Å². The Hall–Kier alpha value is -0.240. The Morgan fingerprint density at radius 2 is 2.00 bits per heavy atom. The van der Waals surface area contributed by atoms with Gasteiger partial charge in [-0.25, -0.2) is 13.1 Å². The topological polar surface area (TPSA) is 81.4 Å². The fourth-order valence-corrected chi connectivity index (χ4v) is 3.77. The van der Waals surface area contributed by atoms with Crippen molar-refractivity contribution < 1.29 is 13.2 Å². The lowest BCUT2D eigenvalue weighted by atomic mass is 10.00. The van der Waals surface area contributed by atoms with Crippen LogP contribution in [-0.2, 0) is 14.8 Å². The van der Waals surface area contributed by atoms with Gasteiger partial charge in [-0.15, -0.1) is 0 Å².